The molecule has 0 unspecified atom stereocenters. The molecule has 2 aromatic rings. The minimum absolute atomic E-state index is 0.0895. The van der Waals surface area contributed by atoms with E-state index >= 15 is 0 Å². The van der Waals surface area contributed by atoms with E-state index in [1.807, 2.05) is 41.3 Å². The van der Waals surface area contributed by atoms with Gasteiger partial charge in [-0.25, -0.2) is 14.8 Å². The predicted molar refractivity (Wildman–Crippen MR) is 99.4 cm³/mol. The second-order valence-electron chi connectivity index (χ2n) is 6.85. The highest BCUT2D eigenvalue weighted by Gasteiger charge is 2.41. The number of amides is 2. The topological polar surface area (TPSA) is 98.7 Å². The third-order valence-electron chi connectivity index (χ3n) is 5.15. The quantitative estimate of drug-likeness (QED) is 0.852. The maximum Gasteiger partial charge on any atom is 0.405 e. The molecule has 2 N–H and O–H groups in total. The molecule has 2 amide bonds. The van der Waals surface area contributed by atoms with Crippen LogP contribution in [-0.2, 0) is 4.79 Å². The minimum atomic E-state index is -1.08. The van der Waals surface area contributed by atoms with Crippen LogP contribution in [0.15, 0.2) is 42.7 Å². The smallest absolute Gasteiger partial charge is 0.405 e. The van der Waals surface area contributed by atoms with Crippen molar-refractivity contribution < 1.29 is 14.7 Å². The van der Waals surface area contributed by atoms with Crippen molar-refractivity contribution in [2.24, 2.45) is 0 Å². The Hall–Kier alpha value is -3.16. The van der Waals surface area contributed by atoms with Crippen molar-refractivity contribution in [3.8, 4) is 11.3 Å². The number of carbonyl (C=O) groups is 2. The van der Waals surface area contributed by atoms with Crippen LogP contribution in [-0.4, -0.2) is 63.7 Å². The van der Waals surface area contributed by atoms with Gasteiger partial charge < -0.3 is 20.2 Å². The Morgan fingerprint density at radius 2 is 2.00 bits per heavy atom. The van der Waals surface area contributed by atoms with Gasteiger partial charge in [-0.2, -0.15) is 0 Å². The zero-order valence-corrected chi connectivity index (χ0v) is 14.8. The monoisotopic (exact) mass is 367 g/mol. The lowest BCUT2D eigenvalue weighted by Crippen LogP contribution is -2.51. The number of rotatable bonds is 4. The number of hydrogen-bond acceptors (Lipinski definition) is 5. The van der Waals surface area contributed by atoms with Crippen LogP contribution in [0.2, 0.25) is 0 Å². The third-order valence-corrected chi connectivity index (χ3v) is 5.15. The van der Waals surface area contributed by atoms with Crippen molar-refractivity contribution >= 4 is 17.8 Å². The Kier molecular flexibility index (Phi) is 4.62. The molecule has 0 saturated carbocycles. The molecule has 1 aromatic heterocycles. The van der Waals surface area contributed by atoms with Crippen molar-refractivity contribution in [3.05, 3.63) is 42.7 Å². The van der Waals surface area contributed by atoms with Gasteiger partial charge in [0.15, 0.2) is 0 Å². The summed E-state index contributed by atoms with van der Waals surface area (Å²) in [6.45, 7) is 1.68. The van der Waals surface area contributed by atoms with Gasteiger partial charge in [0.1, 0.15) is 12.1 Å². The van der Waals surface area contributed by atoms with E-state index < -0.39 is 6.09 Å². The Morgan fingerprint density at radius 1 is 1.19 bits per heavy atom. The molecule has 8 nitrogen and oxygen atoms in total. The van der Waals surface area contributed by atoms with Gasteiger partial charge >= 0.3 is 6.09 Å². The highest BCUT2D eigenvalue weighted by atomic mass is 16.4. The molecule has 2 saturated heterocycles. The first kappa shape index (κ1) is 17.3. The van der Waals surface area contributed by atoms with Gasteiger partial charge in [0.2, 0.25) is 5.91 Å². The number of anilines is 1. The third kappa shape index (κ3) is 3.55. The Balaban J connectivity index is 1.59. The van der Waals surface area contributed by atoms with Crippen LogP contribution in [0.4, 0.5) is 10.6 Å². The van der Waals surface area contributed by atoms with E-state index in [-0.39, 0.29) is 18.0 Å². The zero-order chi connectivity index (χ0) is 18.8. The lowest BCUT2D eigenvalue weighted by atomic mass is 10.1. The SMILES string of the molecule is O=C(O)N[C@H]1CN(c2cc(-c3ccccc3)ncn2)C[C@H]1N1CCCC1=O. The molecule has 0 spiro atoms. The summed E-state index contributed by atoms with van der Waals surface area (Å²) in [5, 5.41) is 11.8. The summed E-state index contributed by atoms with van der Waals surface area (Å²) in [5.41, 5.74) is 1.80. The van der Waals surface area contributed by atoms with Crippen LogP contribution in [0.25, 0.3) is 11.3 Å². The first-order valence-electron chi connectivity index (χ1n) is 9.03. The molecule has 2 fully saturated rings. The van der Waals surface area contributed by atoms with Crippen LogP contribution >= 0.6 is 0 Å². The van der Waals surface area contributed by atoms with Crippen molar-refractivity contribution in [1.82, 2.24) is 20.2 Å². The maximum atomic E-state index is 12.2. The molecule has 0 bridgehead atoms. The zero-order valence-electron chi connectivity index (χ0n) is 14.8. The molecule has 2 atom stereocenters. The molecule has 0 aliphatic carbocycles. The fourth-order valence-corrected chi connectivity index (χ4v) is 3.90. The molecule has 2 aliphatic rings. The van der Waals surface area contributed by atoms with Gasteiger partial charge in [-0.3, -0.25) is 4.79 Å². The number of aromatic nitrogens is 2. The van der Waals surface area contributed by atoms with Gasteiger partial charge in [0, 0.05) is 37.7 Å². The van der Waals surface area contributed by atoms with Crippen LogP contribution < -0.4 is 10.2 Å². The summed E-state index contributed by atoms with van der Waals surface area (Å²) in [6.07, 6.45) is 1.79. The molecule has 27 heavy (non-hydrogen) atoms. The van der Waals surface area contributed by atoms with Crippen LogP contribution in [0.3, 0.4) is 0 Å². The van der Waals surface area contributed by atoms with E-state index in [9.17, 15) is 14.7 Å². The normalized spacial score (nSPS) is 22.3. The van der Waals surface area contributed by atoms with Crippen molar-refractivity contribution in [3.63, 3.8) is 0 Å². The van der Waals surface area contributed by atoms with Gasteiger partial charge in [-0.1, -0.05) is 30.3 Å². The highest BCUT2D eigenvalue weighted by Crippen LogP contribution is 2.27. The first-order chi connectivity index (χ1) is 13.1. The van der Waals surface area contributed by atoms with Crippen molar-refractivity contribution in [2.45, 2.75) is 24.9 Å². The van der Waals surface area contributed by atoms with Gasteiger partial charge in [-0.05, 0) is 6.42 Å². The number of carbonyl (C=O) groups excluding carboxylic acids is 1. The average molecular weight is 367 g/mol. The van der Waals surface area contributed by atoms with E-state index in [2.05, 4.69) is 15.3 Å². The van der Waals surface area contributed by atoms with Crippen LogP contribution in [0, 0.1) is 0 Å². The fourth-order valence-electron chi connectivity index (χ4n) is 3.90. The Bertz CT molecular complexity index is 844. The summed E-state index contributed by atoms with van der Waals surface area (Å²) in [6, 6.07) is 11.2. The number of nitrogens with one attached hydrogen (secondary N) is 1. The lowest BCUT2D eigenvalue weighted by Gasteiger charge is -2.28. The Labute approximate surface area is 156 Å². The molecule has 0 radical (unpaired) electrons. The van der Waals surface area contributed by atoms with E-state index in [0.717, 1.165) is 23.5 Å². The van der Waals surface area contributed by atoms with Crippen molar-refractivity contribution in [1.29, 1.82) is 0 Å². The molecule has 140 valence electrons. The molecular formula is C19H21N5O3. The van der Waals surface area contributed by atoms with E-state index in [0.29, 0.717) is 26.1 Å². The van der Waals surface area contributed by atoms with Gasteiger partial charge in [0.25, 0.3) is 0 Å². The summed E-state index contributed by atoms with van der Waals surface area (Å²) < 4.78 is 0. The number of likely N-dealkylation sites (tertiary alicyclic amines) is 1. The first-order valence-corrected chi connectivity index (χ1v) is 9.03. The maximum absolute atomic E-state index is 12.2. The molecule has 8 heteroatoms. The number of benzene rings is 1. The predicted octanol–water partition coefficient (Wildman–Crippen LogP) is 1.59. The van der Waals surface area contributed by atoms with Gasteiger partial charge in [0.05, 0.1) is 17.8 Å². The van der Waals surface area contributed by atoms with Crippen LogP contribution in [0.5, 0.6) is 0 Å². The number of nitrogens with zero attached hydrogens (tertiary/aromatic N) is 4. The largest absolute Gasteiger partial charge is 0.465 e. The number of carboxylic acid groups (broad SMARTS) is 1. The highest BCUT2D eigenvalue weighted by molar-refractivity contribution is 5.79. The van der Waals surface area contributed by atoms with E-state index in [1.165, 1.54) is 6.33 Å². The van der Waals surface area contributed by atoms with Crippen LogP contribution in [0.1, 0.15) is 12.8 Å². The molecule has 1 aromatic carbocycles. The lowest BCUT2D eigenvalue weighted by molar-refractivity contribution is -0.129. The second kappa shape index (κ2) is 7.22. The summed E-state index contributed by atoms with van der Waals surface area (Å²) in [7, 11) is 0. The van der Waals surface area contributed by atoms with E-state index in [1.54, 1.807) is 4.90 Å². The number of hydrogen-bond donors (Lipinski definition) is 2. The Morgan fingerprint density at radius 3 is 2.70 bits per heavy atom. The molecule has 2 aliphatic heterocycles. The minimum Gasteiger partial charge on any atom is -0.465 e. The summed E-state index contributed by atoms with van der Waals surface area (Å²) >= 11 is 0. The van der Waals surface area contributed by atoms with Gasteiger partial charge in [-0.15, -0.1) is 0 Å². The fraction of sp³-hybridized carbons (Fsp3) is 0.368. The second-order valence-corrected chi connectivity index (χ2v) is 6.85. The standard InChI is InChI=1S/C19H21N5O3/c25-18-7-4-8-24(18)16-11-23(10-15(16)22-19(26)27)17-9-14(20-12-21-17)13-5-2-1-3-6-13/h1-3,5-6,9,12,15-16,22H,4,7-8,10-11H2,(H,26,27)/t15-,16+/m0/s1. The molecule has 4 rings (SSSR count). The molecule has 3 heterocycles. The summed E-state index contributed by atoms with van der Waals surface area (Å²) in [5.74, 6) is 0.821. The summed E-state index contributed by atoms with van der Waals surface area (Å²) in [4.78, 5) is 35.9. The van der Waals surface area contributed by atoms with E-state index in [4.69, 9.17) is 0 Å². The average Bonchev–Trinajstić information content (AvgIpc) is 3.28. The molecular weight excluding hydrogens is 346 g/mol. The van der Waals surface area contributed by atoms with Crippen molar-refractivity contribution in [2.75, 3.05) is 24.5 Å².